The van der Waals surface area contributed by atoms with E-state index in [1.54, 1.807) is 6.07 Å². The van der Waals surface area contributed by atoms with Crippen molar-refractivity contribution in [3.05, 3.63) is 65.5 Å². The molecule has 0 aliphatic rings. The zero-order valence-electron chi connectivity index (χ0n) is 11.3. The van der Waals surface area contributed by atoms with E-state index in [1.165, 1.54) is 17.7 Å². The Kier molecular flexibility index (Phi) is 4.69. The minimum Gasteiger partial charge on any atom is -0.389 e. The summed E-state index contributed by atoms with van der Waals surface area (Å²) in [5, 5.41) is 3.39. The molecular formula is C16H17FN2S. The summed E-state index contributed by atoms with van der Waals surface area (Å²) in [6.07, 6.45) is 0.901. The number of hydrogen-bond acceptors (Lipinski definition) is 2. The zero-order chi connectivity index (χ0) is 14.5. The van der Waals surface area contributed by atoms with E-state index in [0.717, 1.165) is 12.1 Å². The Bertz CT molecular complexity index is 599. The zero-order valence-corrected chi connectivity index (χ0v) is 12.1. The van der Waals surface area contributed by atoms with Gasteiger partial charge in [-0.1, -0.05) is 49.5 Å². The van der Waals surface area contributed by atoms with Crippen LogP contribution in [0.3, 0.4) is 0 Å². The fourth-order valence-electron chi connectivity index (χ4n) is 2.14. The van der Waals surface area contributed by atoms with Gasteiger partial charge in [0, 0.05) is 11.3 Å². The average molecular weight is 288 g/mol. The summed E-state index contributed by atoms with van der Waals surface area (Å²) < 4.78 is 13.3. The first-order chi connectivity index (χ1) is 9.61. The molecule has 0 radical (unpaired) electrons. The van der Waals surface area contributed by atoms with Crippen molar-refractivity contribution in [2.75, 3.05) is 5.32 Å². The third-order valence-corrected chi connectivity index (χ3v) is 3.41. The minimum absolute atomic E-state index is 0.134. The molecule has 1 unspecified atom stereocenters. The monoisotopic (exact) mass is 288 g/mol. The Morgan fingerprint density at radius 3 is 2.55 bits per heavy atom. The maximum absolute atomic E-state index is 13.3. The second-order valence-corrected chi connectivity index (χ2v) is 5.01. The van der Waals surface area contributed by atoms with Gasteiger partial charge < -0.3 is 11.1 Å². The van der Waals surface area contributed by atoms with E-state index < -0.39 is 0 Å². The van der Waals surface area contributed by atoms with Gasteiger partial charge in [0.15, 0.2) is 0 Å². The van der Waals surface area contributed by atoms with Crippen LogP contribution in [0.1, 0.15) is 30.5 Å². The van der Waals surface area contributed by atoms with E-state index in [1.807, 2.05) is 18.2 Å². The van der Waals surface area contributed by atoms with Crippen molar-refractivity contribution in [3.8, 4) is 0 Å². The molecular weight excluding hydrogens is 271 g/mol. The molecule has 104 valence electrons. The van der Waals surface area contributed by atoms with Gasteiger partial charge in [0.2, 0.25) is 0 Å². The smallest absolute Gasteiger partial charge is 0.124 e. The second kappa shape index (κ2) is 6.48. The fourth-order valence-corrected chi connectivity index (χ4v) is 2.31. The summed E-state index contributed by atoms with van der Waals surface area (Å²) in [5.74, 6) is -0.342. The van der Waals surface area contributed by atoms with Gasteiger partial charge in [-0.3, -0.25) is 0 Å². The number of nitrogens with one attached hydrogen (secondary N) is 1. The fraction of sp³-hybridized carbons (Fsp3) is 0.188. The molecule has 0 bridgehead atoms. The summed E-state index contributed by atoms with van der Waals surface area (Å²) in [7, 11) is 0. The lowest BCUT2D eigenvalue weighted by Crippen LogP contribution is -2.16. The lowest BCUT2D eigenvalue weighted by atomic mass is 10.0. The molecule has 1 atom stereocenters. The number of thiocarbonyl (C=S) groups is 1. The third-order valence-electron chi connectivity index (χ3n) is 3.19. The van der Waals surface area contributed by atoms with Crippen molar-refractivity contribution in [2.45, 2.75) is 19.4 Å². The molecule has 0 aliphatic carbocycles. The first-order valence-corrected chi connectivity index (χ1v) is 6.93. The first-order valence-electron chi connectivity index (χ1n) is 6.52. The molecule has 0 heterocycles. The topological polar surface area (TPSA) is 38.0 Å². The summed E-state index contributed by atoms with van der Waals surface area (Å²) in [6.45, 7) is 2.09. The van der Waals surface area contributed by atoms with Crippen molar-refractivity contribution in [1.82, 2.24) is 0 Å². The predicted molar refractivity (Wildman–Crippen MR) is 85.4 cm³/mol. The molecule has 0 saturated carbocycles. The van der Waals surface area contributed by atoms with Gasteiger partial charge >= 0.3 is 0 Å². The molecule has 20 heavy (non-hydrogen) atoms. The van der Waals surface area contributed by atoms with Gasteiger partial charge in [-0.05, 0) is 30.2 Å². The van der Waals surface area contributed by atoms with E-state index >= 15 is 0 Å². The lowest BCUT2D eigenvalue weighted by molar-refractivity contribution is 0.627. The molecule has 0 fully saturated rings. The minimum atomic E-state index is -0.342. The van der Waals surface area contributed by atoms with E-state index in [4.69, 9.17) is 18.0 Å². The van der Waals surface area contributed by atoms with E-state index in [9.17, 15) is 4.39 Å². The van der Waals surface area contributed by atoms with Gasteiger partial charge in [0.1, 0.15) is 10.8 Å². The van der Waals surface area contributed by atoms with E-state index in [0.29, 0.717) is 5.56 Å². The molecule has 0 aromatic heterocycles. The summed E-state index contributed by atoms with van der Waals surface area (Å²) in [5.41, 5.74) is 8.13. The van der Waals surface area contributed by atoms with Crippen LogP contribution in [0.25, 0.3) is 0 Å². The highest BCUT2D eigenvalue weighted by molar-refractivity contribution is 7.80. The maximum Gasteiger partial charge on any atom is 0.124 e. The Morgan fingerprint density at radius 1 is 1.25 bits per heavy atom. The van der Waals surface area contributed by atoms with E-state index in [2.05, 4.69) is 24.4 Å². The number of nitrogens with two attached hydrogens (primary N) is 1. The Balaban J connectivity index is 2.31. The van der Waals surface area contributed by atoms with Crippen LogP contribution in [0.2, 0.25) is 0 Å². The molecule has 2 nitrogen and oxygen atoms in total. The van der Waals surface area contributed by atoms with Crippen LogP contribution in [0, 0.1) is 5.82 Å². The second-order valence-electron chi connectivity index (χ2n) is 4.57. The Hall–Kier alpha value is -1.94. The summed E-state index contributed by atoms with van der Waals surface area (Å²) >= 11 is 4.99. The van der Waals surface area contributed by atoms with Gasteiger partial charge in [-0.15, -0.1) is 0 Å². The van der Waals surface area contributed by atoms with Crippen molar-refractivity contribution in [1.29, 1.82) is 0 Å². The van der Waals surface area contributed by atoms with Crippen molar-refractivity contribution in [3.63, 3.8) is 0 Å². The molecule has 0 amide bonds. The molecule has 0 saturated heterocycles. The number of rotatable bonds is 5. The molecule has 3 N–H and O–H groups in total. The largest absolute Gasteiger partial charge is 0.389 e. The Morgan fingerprint density at radius 2 is 1.95 bits per heavy atom. The average Bonchev–Trinajstić information content (AvgIpc) is 2.46. The van der Waals surface area contributed by atoms with Crippen LogP contribution in [0.5, 0.6) is 0 Å². The van der Waals surface area contributed by atoms with Gasteiger partial charge in [0.25, 0.3) is 0 Å². The van der Waals surface area contributed by atoms with Crippen molar-refractivity contribution < 1.29 is 4.39 Å². The highest BCUT2D eigenvalue weighted by atomic mass is 32.1. The number of benzene rings is 2. The maximum atomic E-state index is 13.3. The van der Waals surface area contributed by atoms with Crippen molar-refractivity contribution >= 4 is 22.9 Å². The quantitative estimate of drug-likeness (QED) is 0.816. The summed E-state index contributed by atoms with van der Waals surface area (Å²) in [6, 6.07) is 14.7. The van der Waals surface area contributed by atoms with Crippen LogP contribution in [-0.2, 0) is 0 Å². The molecule has 2 aromatic rings. The molecule has 0 spiro atoms. The normalized spacial score (nSPS) is 11.9. The standard InChI is InChI=1S/C16H17FN2S/c1-2-14(11-6-4-3-5-7-11)19-15-9-8-12(17)10-13(15)16(18)20/h3-10,14,19H,2H2,1H3,(H2,18,20). The van der Waals surface area contributed by atoms with E-state index in [-0.39, 0.29) is 16.8 Å². The van der Waals surface area contributed by atoms with Crippen LogP contribution < -0.4 is 11.1 Å². The van der Waals surface area contributed by atoms with Gasteiger partial charge in [-0.25, -0.2) is 4.39 Å². The number of halogens is 1. The predicted octanol–water partition coefficient (Wildman–Crippen LogP) is 4.02. The van der Waals surface area contributed by atoms with Gasteiger partial charge in [0.05, 0.1) is 6.04 Å². The van der Waals surface area contributed by atoms with Crippen LogP contribution >= 0.6 is 12.2 Å². The number of hydrogen-bond donors (Lipinski definition) is 2. The number of anilines is 1. The Labute approximate surface area is 123 Å². The van der Waals surface area contributed by atoms with Crippen molar-refractivity contribution in [2.24, 2.45) is 5.73 Å². The van der Waals surface area contributed by atoms with Crippen LogP contribution in [0.4, 0.5) is 10.1 Å². The highest BCUT2D eigenvalue weighted by Crippen LogP contribution is 2.25. The van der Waals surface area contributed by atoms with Crippen LogP contribution in [-0.4, -0.2) is 4.99 Å². The molecule has 2 aromatic carbocycles. The first kappa shape index (κ1) is 14.5. The molecule has 0 aliphatic heterocycles. The third kappa shape index (κ3) is 3.33. The molecule has 2 rings (SSSR count). The lowest BCUT2D eigenvalue weighted by Gasteiger charge is -2.20. The molecule has 4 heteroatoms. The highest BCUT2D eigenvalue weighted by Gasteiger charge is 2.13. The summed E-state index contributed by atoms with van der Waals surface area (Å²) in [4.78, 5) is 0.190. The van der Waals surface area contributed by atoms with Gasteiger partial charge in [-0.2, -0.15) is 0 Å². The van der Waals surface area contributed by atoms with Crippen LogP contribution in [0.15, 0.2) is 48.5 Å². The SMILES string of the molecule is CCC(Nc1ccc(F)cc1C(N)=S)c1ccccc1.